The lowest BCUT2D eigenvalue weighted by Crippen LogP contribution is -2.36. The molecule has 0 atom stereocenters. The van der Waals surface area contributed by atoms with Crippen LogP contribution in [-0.2, 0) is 10.0 Å². The first kappa shape index (κ1) is 13.1. The van der Waals surface area contributed by atoms with Gasteiger partial charge < -0.3 is 0 Å². The van der Waals surface area contributed by atoms with Gasteiger partial charge in [0, 0.05) is 6.04 Å². The van der Waals surface area contributed by atoms with Crippen LogP contribution in [0.4, 0.5) is 0 Å². The van der Waals surface area contributed by atoms with Crippen LogP contribution in [0.25, 0.3) is 0 Å². The van der Waals surface area contributed by atoms with Crippen molar-refractivity contribution in [1.82, 2.24) is 4.72 Å². The Hall–Kier alpha value is -1.38. The molecule has 1 aliphatic rings. The van der Waals surface area contributed by atoms with Crippen LogP contribution in [0.1, 0.15) is 37.7 Å². The van der Waals surface area contributed by atoms with Crippen molar-refractivity contribution in [2.24, 2.45) is 0 Å². The summed E-state index contributed by atoms with van der Waals surface area (Å²) in [5, 5.41) is 8.68. The van der Waals surface area contributed by atoms with E-state index < -0.39 is 10.0 Å². The van der Waals surface area contributed by atoms with Crippen molar-refractivity contribution in [2.75, 3.05) is 0 Å². The van der Waals surface area contributed by atoms with Crippen LogP contribution in [0.5, 0.6) is 0 Å². The van der Waals surface area contributed by atoms with Gasteiger partial charge in [-0.25, -0.2) is 13.1 Å². The number of hydrogen-bond donors (Lipinski definition) is 1. The van der Waals surface area contributed by atoms with Crippen LogP contribution in [-0.4, -0.2) is 14.5 Å². The van der Waals surface area contributed by atoms with Crippen molar-refractivity contribution >= 4 is 10.0 Å². The van der Waals surface area contributed by atoms with Gasteiger partial charge in [-0.1, -0.05) is 19.3 Å². The van der Waals surface area contributed by atoms with E-state index in [9.17, 15) is 8.42 Å². The zero-order chi connectivity index (χ0) is 13.0. The highest BCUT2D eigenvalue weighted by Crippen LogP contribution is 2.20. The summed E-state index contributed by atoms with van der Waals surface area (Å²) in [6.07, 6.45) is 5.18. The van der Waals surface area contributed by atoms with Crippen LogP contribution >= 0.6 is 0 Å². The molecule has 0 bridgehead atoms. The van der Waals surface area contributed by atoms with Crippen LogP contribution < -0.4 is 4.72 Å². The molecule has 0 spiro atoms. The van der Waals surface area contributed by atoms with Crippen LogP contribution in [0.3, 0.4) is 0 Å². The average Bonchev–Trinajstić information content (AvgIpc) is 2.39. The normalized spacial score (nSPS) is 17.3. The number of hydrogen-bond acceptors (Lipinski definition) is 3. The Morgan fingerprint density at radius 3 is 2.28 bits per heavy atom. The molecule has 2 rings (SSSR count). The Morgan fingerprint density at radius 1 is 1.11 bits per heavy atom. The number of benzene rings is 1. The minimum atomic E-state index is -3.44. The standard InChI is InChI=1S/C13H16N2O2S/c14-10-11-6-8-13(9-7-11)18(16,17)15-12-4-2-1-3-5-12/h6-9,12,15H,1-5H2. The Kier molecular flexibility index (Phi) is 4.00. The second-order valence-corrected chi connectivity index (χ2v) is 6.31. The molecule has 1 fully saturated rings. The largest absolute Gasteiger partial charge is 0.240 e. The molecular formula is C13H16N2O2S. The average molecular weight is 264 g/mol. The number of nitrogens with one attached hydrogen (secondary N) is 1. The second kappa shape index (κ2) is 5.51. The van der Waals surface area contributed by atoms with Crippen molar-refractivity contribution in [2.45, 2.75) is 43.0 Å². The zero-order valence-electron chi connectivity index (χ0n) is 10.1. The second-order valence-electron chi connectivity index (χ2n) is 4.59. The predicted octanol–water partition coefficient (Wildman–Crippen LogP) is 2.17. The van der Waals surface area contributed by atoms with Gasteiger partial charge in [0.05, 0.1) is 16.5 Å². The predicted molar refractivity (Wildman–Crippen MR) is 68.4 cm³/mol. The molecule has 18 heavy (non-hydrogen) atoms. The summed E-state index contributed by atoms with van der Waals surface area (Å²) in [5.41, 5.74) is 0.464. The van der Waals surface area contributed by atoms with Gasteiger partial charge in [0.25, 0.3) is 0 Å². The van der Waals surface area contributed by atoms with Crippen molar-refractivity contribution in [1.29, 1.82) is 5.26 Å². The van der Waals surface area contributed by atoms with E-state index in [4.69, 9.17) is 5.26 Å². The lowest BCUT2D eigenvalue weighted by Gasteiger charge is -2.22. The van der Waals surface area contributed by atoms with Crippen LogP contribution in [0, 0.1) is 11.3 Å². The topological polar surface area (TPSA) is 70.0 Å². The molecule has 0 unspecified atom stereocenters. The van der Waals surface area contributed by atoms with E-state index in [1.807, 2.05) is 6.07 Å². The van der Waals surface area contributed by atoms with E-state index in [1.54, 1.807) is 0 Å². The van der Waals surface area contributed by atoms with E-state index in [1.165, 1.54) is 30.7 Å². The molecule has 4 nitrogen and oxygen atoms in total. The first-order valence-electron chi connectivity index (χ1n) is 6.14. The molecule has 0 saturated heterocycles. The molecule has 1 saturated carbocycles. The quantitative estimate of drug-likeness (QED) is 0.909. The fourth-order valence-electron chi connectivity index (χ4n) is 2.22. The van der Waals surface area contributed by atoms with Gasteiger partial charge >= 0.3 is 0 Å². The summed E-state index contributed by atoms with van der Waals surface area (Å²) >= 11 is 0. The lowest BCUT2D eigenvalue weighted by molar-refractivity contribution is 0.412. The molecule has 5 heteroatoms. The summed E-state index contributed by atoms with van der Waals surface area (Å²) in [7, 11) is -3.44. The van der Waals surface area contributed by atoms with Crippen LogP contribution in [0.2, 0.25) is 0 Å². The summed E-state index contributed by atoms with van der Waals surface area (Å²) in [6, 6.07) is 8.03. The van der Waals surface area contributed by atoms with Gasteiger partial charge in [0.1, 0.15) is 0 Å². The van der Waals surface area contributed by atoms with Crippen LogP contribution in [0.15, 0.2) is 29.2 Å². The Morgan fingerprint density at radius 2 is 1.72 bits per heavy atom. The summed E-state index contributed by atoms with van der Waals surface area (Å²) in [5.74, 6) is 0. The maximum Gasteiger partial charge on any atom is 0.240 e. The van der Waals surface area contributed by atoms with Gasteiger partial charge in [-0.2, -0.15) is 5.26 Å². The minimum Gasteiger partial charge on any atom is -0.208 e. The molecule has 0 aliphatic heterocycles. The molecule has 0 aromatic heterocycles. The number of rotatable bonds is 3. The lowest BCUT2D eigenvalue weighted by atomic mass is 9.96. The third kappa shape index (κ3) is 3.09. The Bertz CT molecular complexity index is 537. The maximum absolute atomic E-state index is 12.1. The van der Waals surface area contributed by atoms with E-state index in [2.05, 4.69) is 4.72 Å². The molecular weight excluding hydrogens is 248 g/mol. The molecule has 0 amide bonds. The smallest absolute Gasteiger partial charge is 0.208 e. The van der Waals surface area contributed by atoms with Crippen molar-refractivity contribution in [3.05, 3.63) is 29.8 Å². The third-order valence-corrected chi connectivity index (χ3v) is 4.76. The SMILES string of the molecule is N#Cc1ccc(S(=O)(=O)NC2CCCCC2)cc1. The van der Waals surface area contributed by atoms with Gasteiger partial charge in [-0.05, 0) is 37.1 Å². The monoisotopic (exact) mass is 264 g/mol. The molecule has 1 aromatic rings. The van der Waals surface area contributed by atoms with Crippen molar-refractivity contribution in [3.63, 3.8) is 0 Å². The van der Waals surface area contributed by atoms with Crippen molar-refractivity contribution < 1.29 is 8.42 Å². The fourth-order valence-corrected chi connectivity index (χ4v) is 3.52. The van der Waals surface area contributed by atoms with Gasteiger partial charge in [-0.3, -0.25) is 0 Å². The molecule has 1 aromatic carbocycles. The highest BCUT2D eigenvalue weighted by Gasteiger charge is 2.21. The Balaban J connectivity index is 2.12. The fraction of sp³-hybridized carbons (Fsp3) is 0.462. The first-order chi connectivity index (χ1) is 8.62. The maximum atomic E-state index is 12.1. The minimum absolute atomic E-state index is 0.0550. The Labute approximate surface area is 108 Å². The number of sulfonamides is 1. The zero-order valence-corrected chi connectivity index (χ0v) is 10.9. The summed E-state index contributed by atoms with van der Waals surface area (Å²) in [6.45, 7) is 0. The van der Waals surface area contributed by atoms with Gasteiger partial charge in [0.2, 0.25) is 10.0 Å². The van der Waals surface area contributed by atoms with Gasteiger partial charge in [0.15, 0.2) is 0 Å². The molecule has 0 radical (unpaired) electrons. The molecule has 0 heterocycles. The number of nitrogens with zero attached hydrogens (tertiary/aromatic N) is 1. The van der Waals surface area contributed by atoms with Crippen molar-refractivity contribution in [3.8, 4) is 6.07 Å². The van der Waals surface area contributed by atoms with Gasteiger partial charge in [-0.15, -0.1) is 0 Å². The molecule has 96 valence electrons. The van der Waals surface area contributed by atoms with E-state index in [-0.39, 0.29) is 10.9 Å². The highest BCUT2D eigenvalue weighted by atomic mass is 32.2. The van der Waals surface area contributed by atoms with E-state index in [0.29, 0.717) is 5.56 Å². The first-order valence-corrected chi connectivity index (χ1v) is 7.62. The number of nitriles is 1. The van der Waals surface area contributed by atoms with E-state index >= 15 is 0 Å². The summed E-state index contributed by atoms with van der Waals surface area (Å²) < 4.78 is 27.0. The summed E-state index contributed by atoms with van der Waals surface area (Å²) in [4.78, 5) is 0.229. The highest BCUT2D eigenvalue weighted by molar-refractivity contribution is 7.89. The van der Waals surface area contributed by atoms with E-state index in [0.717, 1.165) is 25.7 Å². The molecule has 1 aliphatic carbocycles. The third-order valence-electron chi connectivity index (χ3n) is 3.22. The molecule has 1 N–H and O–H groups in total.